The van der Waals surface area contributed by atoms with Gasteiger partial charge in [-0.05, 0) is 23.6 Å². The van der Waals surface area contributed by atoms with E-state index in [1.807, 2.05) is 24.3 Å². The summed E-state index contributed by atoms with van der Waals surface area (Å²) < 4.78 is 26.8. The fourth-order valence-electron chi connectivity index (χ4n) is 2.40. The normalized spacial score (nSPS) is 19.5. The molecule has 0 aromatic heterocycles. The average molecular weight is 311 g/mol. The molecule has 1 aliphatic heterocycles. The maximum atomic E-state index is 12.0. The van der Waals surface area contributed by atoms with Crippen molar-refractivity contribution < 1.29 is 17.4 Å². The summed E-state index contributed by atoms with van der Waals surface area (Å²) >= 11 is 0. The van der Waals surface area contributed by atoms with Crippen LogP contribution in [0.5, 0.6) is 0 Å². The van der Waals surface area contributed by atoms with E-state index in [4.69, 9.17) is 4.18 Å². The Kier molecular flexibility index (Phi) is 4.68. The summed E-state index contributed by atoms with van der Waals surface area (Å²) in [4.78, 5) is 13.7. The molecular formula is C15H21NO4S. The van der Waals surface area contributed by atoms with Crippen molar-refractivity contribution in [1.82, 2.24) is 0 Å². The second-order valence-electron chi connectivity index (χ2n) is 5.81. The fourth-order valence-corrected chi connectivity index (χ4v) is 2.84. The van der Waals surface area contributed by atoms with Gasteiger partial charge >= 0.3 is 0 Å². The highest BCUT2D eigenvalue weighted by Crippen LogP contribution is 2.27. The number of rotatable bonds is 5. The molecule has 1 atom stereocenters. The summed E-state index contributed by atoms with van der Waals surface area (Å²) in [5.74, 6) is 0.371. The minimum Gasteiger partial charge on any atom is -0.312 e. The van der Waals surface area contributed by atoms with Crippen LogP contribution in [0.4, 0.5) is 5.69 Å². The Morgan fingerprint density at radius 3 is 2.43 bits per heavy atom. The molecule has 1 aromatic carbocycles. The lowest BCUT2D eigenvalue weighted by Crippen LogP contribution is -2.25. The predicted octanol–water partition coefficient (Wildman–Crippen LogP) is 2.14. The zero-order valence-corrected chi connectivity index (χ0v) is 13.4. The first-order valence-electron chi connectivity index (χ1n) is 7.01. The zero-order valence-electron chi connectivity index (χ0n) is 12.6. The standard InChI is InChI=1S/C15H21NO4S/c1-11(2)13-4-6-14(7-5-13)16-9-12(8-15(16)17)10-20-21(3,18)19/h4-7,11-12H,8-10H2,1-3H3. The van der Waals surface area contributed by atoms with Gasteiger partial charge in [-0.1, -0.05) is 26.0 Å². The summed E-state index contributed by atoms with van der Waals surface area (Å²) in [6.07, 6.45) is 1.34. The van der Waals surface area contributed by atoms with Crippen LogP contribution >= 0.6 is 0 Å². The van der Waals surface area contributed by atoms with Crippen LogP contribution in [0.3, 0.4) is 0 Å². The molecule has 1 fully saturated rings. The van der Waals surface area contributed by atoms with Crippen LogP contribution in [0.2, 0.25) is 0 Å². The van der Waals surface area contributed by atoms with E-state index in [0.29, 0.717) is 18.9 Å². The monoisotopic (exact) mass is 311 g/mol. The van der Waals surface area contributed by atoms with Gasteiger partial charge in [0.1, 0.15) is 0 Å². The minimum absolute atomic E-state index is 0.00870. The van der Waals surface area contributed by atoms with Gasteiger partial charge < -0.3 is 4.90 Å². The van der Waals surface area contributed by atoms with Crippen molar-refractivity contribution in [1.29, 1.82) is 0 Å². The number of anilines is 1. The quantitative estimate of drug-likeness (QED) is 0.782. The molecule has 0 aliphatic carbocycles. The van der Waals surface area contributed by atoms with Gasteiger partial charge in [-0.25, -0.2) is 0 Å². The SMILES string of the molecule is CC(C)c1ccc(N2CC(COS(C)(=O)=O)CC2=O)cc1. The second kappa shape index (κ2) is 6.15. The van der Waals surface area contributed by atoms with Gasteiger partial charge in [0, 0.05) is 24.6 Å². The molecule has 1 amide bonds. The Bertz CT molecular complexity index is 607. The molecule has 0 N–H and O–H groups in total. The number of hydrogen-bond acceptors (Lipinski definition) is 4. The molecule has 0 saturated carbocycles. The van der Waals surface area contributed by atoms with Gasteiger partial charge in [0.15, 0.2) is 0 Å². The first kappa shape index (κ1) is 16.0. The van der Waals surface area contributed by atoms with E-state index in [2.05, 4.69) is 13.8 Å². The predicted molar refractivity (Wildman–Crippen MR) is 81.8 cm³/mol. The van der Waals surface area contributed by atoms with E-state index >= 15 is 0 Å². The second-order valence-corrected chi connectivity index (χ2v) is 7.45. The van der Waals surface area contributed by atoms with Crippen molar-refractivity contribution >= 4 is 21.7 Å². The Labute approximate surface area is 126 Å². The molecular weight excluding hydrogens is 290 g/mol. The van der Waals surface area contributed by atoms with Crippen LogP contribution in [0, 0.1) is 5.92 Å². The molecule has 5 nitrogen and oxygen atoms in total. The van der Waals surface area contributed by atoms with Crippen molar-refractivity contribution in [2.24, 2.45) is 5.92 Å². The van der Waals surface area contributed by atoms with Crippen LogP contribution < -0.4 is 4.90 Å². The molecule has 1 saturated heterocycles. The van der Waals surface area contributed by atoms with Crippen molar-refractivity contribution in [2.45, 2.75) is 26.2 Å². The average Bonchev–Trinajstić information content (AvgIpc) is 2.77. The van der Waals surface area contributed by atoms with Crippen LogP contribution in [0.1, 0.15) is 31.7 Å². The molecule has 0 bridgehead atoms. The van der Waals surface area contributed by atoms with Gasteiger partial charge in [-0.15, -0.1) is 0 Å². The van der Waals surface area contributed by atoms with E-state index < -0.39 is 10.1 Å². The Morgan fingerprint density at radius 2 is 1.90 bits per heavy atom. The lowest BCUT2D eigenvalue weighted by atomic mass is 10.0. The van der Waals surface area contributed by atoms with Gasteiger partial charge in [0.2, 0.25) is 5.91 Å². The highest BCUT2D eigenvalue weighted by Gasteiger charge is 2.31. The van der Waals surface area contributed by atoms with Gasteiger partial charge in [-0.2, -0.15) is 8.42 Å². The highest BCUT2D eigenvalue weighted by molar-refractivity contribution is 7.85. The van der Waals surface area contributed by atoms with E-state index in [9.17, 15) is 13.2 Å². The molecule has 0 radical (unpaired) electrons. The lowest BCUT2D eigenvalue weighted by molar-refractivity contribution is -0.117. The zero-order chi connectivity index (χ0) is 15.6. The summed E-state index contributed by atoms with van der Waals surface area (Å²) in [7, 11) is -3.46. The van der Waals surface area contributed by atoms with Crippen LogP contribution in [0.25, 0.3) is 0 Å². The number of amides is 1. The van der Waals surface area contributed by atoms with Gasteiger partial charge in [0.25, 0.3) is 10.1 Å². The largest absolute Gasteiger partial charge is 0.312 e. The third kappa shape index (κ3) is 4.28. The van der Waals surface area contributed by atoms with Crippen molar-refractivity contribution in [3.63, 3.8) is 0 Å². The molecule has 1 aromatic rings. The smallest absolute Gasteiger partial charge is 0.264 e. The molecule has 2 rings (SSSR count). The Hall–Kier alpha value is -1.40. The van der Waals surface area contributed by atoms with E-state index in [1.54, 1.807) is 4.90 Å². The fraction of sp³-hybridized carbons (Fsp3) is 0.533. The first-order valence-corrected chi connectivity index (χ1v) is 8.82. The lowest BCUT2D eigenvalue weighted by Gasteiger charge is -2.17. The third-order valence-electron chi connectivity index (χ3n) is 3.59. The molecule has 0 spiro atoms. The van der Waals surface area contributed by atoms with Crippen LogP contribution in [-0.4, -0.2) is 33.7 Å². The number of hydrogen-bond donors (Lipinski definition) is 0. The van der Waals surface area contributed by atoms with Crippen molar-refractivity contribution in [3.8, 4) is 0 Å². The summed E-state index contributed by atoms with van der Waals surface area (Å²) in [6, 6.07) is 7.92. The maximum Gasteiger partial charge on any atom is 0.264 e. The Morgan fingerprint density at radius 1 is 1.29 bits per heavy atom. The van der Waals surface area contributed by atoms with E-state index in [-0.39, 0.29) is 18.4 Å². The summed E-state index contributed by atoms with van der Waals surface area (Å²) in [5, 5.41) is 0. The number of carbonyl (C=O) groups is 1. The third-order valence-corrected chi connectivity index (χ3v) is 4.16. The van der Waals surface area contributed by atoms with Gasteiger partial charge in [-0.3, -0.25) is 8.98 Å². The molecule has 21 heavy (non-hydrogen) atoms. The topological polar surface area (TPSA) is 63.7 Å². The number of carbonyl (C=O) groups excluding carboxylic acids is 1. The minimum atomic E-state index is -3.46. The number of nitrogens with zero attached hydrogens (tertiary/aromatic N) is 1. The first-order chi connectivity index (χ1) is 9.76. The van der Waals surface area contributed by atoms with Crippen molar-refractivity contribution in [3.05, 3.63) is 29.8 Å². The van der Waals surface area contributed by atoms with E-state index in [0.717, 1.165) is 11.9 Å². The molecule has 1 unspecified atom stereocenters. The molecule has 1 heterocycles. The summed E-state index contributed by atoms with van der Waals surface area (Å²) in [5.41, 5.74) is 2.08. The summed E-state index contributed by atoms with van der Waals surface area (Å²) in [6.45, 7) is 4.80. The highest BCUT2D eigenvalue weighted by atomic mass is 32.2. The van der Waals surface area contributed by atoms with Crippen LogP contribution in [0.15, 0.2) is 24.3 Å². The van der Waals surface area contributed by atoms with E-state index in [1.165, 1.54) is 5.56 Å². The molecule has 6 heteroatoms. The maximum absolute atomic E-state index is 12.0. The number of benzene rings is 1. The molecule has 116 valence electrons. The molecule has 1 aliphatic rings. The van der Waals surface area contributed by atoms with Crippen molar-refractivity contribution in [2.75, 3.05) is 24.3 Å². The van der Waals surface area contributed by atoms with Crippen LogP contribution in [-0.2, 0) is 19.1 Å². The van der Waals surface area contributed by atoms with Gasteiger partial charge in [0.05, 0.1) is 12.9 Å². The Balaban J connectivity index is 2.02.